The van der Waals surface area contributed by atoms with E-state index in [-0.39, 0.29) is 0 Å². The second kappa shape index (κ2) is 11.3. The van der Waals surface area contributed by atoms with Gasteiger partial charge in [-0.05, 0) is 54.4 Å². The van der Waals surface area contributed by atoms with E-state index in [2.05, 4.69) is 43.3 Å². The van der Waals surface area contributed by atoms with E-state index in [0.29, 0.717) is 11.7 Å². The second-order valence-corrected chi connectivity index (χ2v) is 8.60. The lowest BCUT2D eigenvalue weighted by Gasteiger charge is -2.28. The Kier molecular flexibility index (Phi) is 8.45. The number of hydrogen-bond donors (Lipinski definition) is 1. The van der Waals surface area contributed by atoms with Crippen molar-refractivity contribution in [3.05, 3.63) is 53.6 Å². The molecule has 1 nitrogen and oxygen atoms in total. The highest BCUT2D eigenvalue weighted by Crippen LogP contribution is 2.44. The molecule has 2 aromatic carbocycles. The molecule has 1 aliphatic rings. The Labute approximate surface area is 172 Å². The lowest BCUT2D eigenvalue weighted by Crippen LogP contribution is -2.09. The van der Waals surface area contributed by atoms with Crippen molar-refractivity contribution >= 4 is 0 Å². The van der Waals surface area contributed by atoms with Gasteiger partial charge in [-0.15, -0.1) is 0 Å². The molecule has 28 heavy (non-hydrogen) atoms. The third kappa shape index (κ3) is 5.63. The van der Waals surface area contributed by atoms with Gasteiger partial charge in [0.15, 0.2) is 0 Å². The molecule has 1 aliphatic carbocycles. The number of phenols is 1. The van der Waals surface area contributed by atoms with E-state index in [1.54, 1.807) is 0 Å². The van der Waals surface area contributed by atoms with Gasteiger partial charge >= 0.3 is 0 Å². The lowest BCUT2D eigenvalue weighted by molar-refractivity contribution is 0.437. The largest absolute Gasteiger partial charge is 0.507 e. The molecule has 3 rings (SSSR count). The van der Waals surface area contributed by atoms with Crippen LogP contribution in [-0.4, -0.2) is 5.11 Å². The molecule has 0 unspecified atom stereocenters. The van der Waals surface area contributed by atoms with E-state index in [4.69, 9.17) is 0 Å². The van der Waals surface area contributed by atoms with Gasteiger partial charge in [0.05, 0.1) is 0 Å². The third-order valence-electron chi connectivity index (χ3n) is 6.44. The summed E-state index contributed by atoms with van der Waals surface area (Å²) in [7, 11) is 0. The van der Waals surface area contributed by atoms with E-state index in [0.717, 1.165) is 12.0 Å². The summed E-state index contributed by atoms with van der Waals surface area (Å²) >= 11 is 0. The van der Waals surface area contributed by atoms with Gasteiger partial charge in [-0.2, -0.15) is 0 Å². The minimum absolute atomic E-state index is 0.454. The Bertz CT molecular complexity index is 698. The number of aryl methyl sites for hydroxylation is 1. The SMILES string of the molecule is CCCCCCCCCc1ccc(O)c(-c2ccccc2)c1C1CCCCC1. The van der Waals surface area contributed by atoms with Crippen LogP contribution < -0.4 is 0 Å². The smallest absolute Gasteiger partial charge is 0.123 e. The van der Waals surface area contributed by atoms with E-state index in [1.807, 2.05) is 6.07 Å². The fraction of sp³-hybridized carbons (Fsp3) is 0.556. The number of phenolic OH excluding ortho intramolecular Hbond substituents is 1. The van der Waals surface area contributed by atoms with E-state index in [1.165, 1.54) is 93.7 Å². The third-order valence-corrected chi connectivity index (χ3v) is 6.44. The Morgan fingerprint density at radius 1 is 0.786 bits per heavy atom. The summed E-state index contributed by atoms with van der Waals surface area (Å²) < 4.78 is 0. The highest BCUT2D eigenvalue weighted by molar-refractivity contribution is 5.75. The normalized spacial score (nSPS) is 15.0. The highest BCUT2D eigenvalue weighted by Gasteiger charge is 2.24. The summed E-state index contributed by atoms with van der Waals surface area (Å²) in [4.78, 5) is 0. The van der Waals surface area contributed by atoms with Crippen molar-refractivity contribution in [3.63, 3.8) is 0 Å². The summed E-state index contributed by atoms with van der Waals surface area (Å²) in [5.74, 6) is 1.06. The molecule has 1 saturated carbocycles. The van der Waals surface area contributed by atoms with Crippen LogP contribution in [0.4, 0.5) is 0 Å². The van der Waals surface area contributed by atoms with Gasteiger partial charge < -0.3 is 5.11 Å². The Balaban J connectivity index is 1.79. The van der Waals surface area contributed by atoms with Crippen LogP contribution in [0.25, 0.3) is 11.1 Å². The molecule has 1 fully saturated rings. The topological polar surface area (TPSA) is 20.2 Å². The maximum Gasteiger partial charge on any atom is 0.123 e. The van der Waals surface area contributed by atoms with E-state index >= 15 is 0 Å². The Morgan fingerprint density at radius 3 is 2.18 bits per heavy atom. The molecule has 0 atom stereocenters. The number of aromatic hydroxyl groups is 1. The quantitative estimate of drug-likeness (QED) is 0.411. The zero-order valence-electron chi connectivity index (χ0n) is 17.8. The predicted molar refractivity (Wildman–Crippen MR) is 121 cm³/mol. The number of rotatable bonds is 10. The maximum absolute atomic E-state index is 10.8. The van der Waals surface area contributed by atoms with Crippen molar-refractivity contribution < 1.29 is 5.11 Å². The molecule has 0 spiro atoms. The van der Waals surface area contributed by atoms with Crippen molar-refractivity contribution in [2.45, 2.75) is 96.3 Å². The summed E-state index contributed by atoms with van der Waals surface area (Å²) in [5.41, 5.74) is 5.21. The van der Waals surface area contributed by atoms with Crippen LogP contribution in [0.1, 0.15) is 101 Å². The van der Waals surface area contributed by atoms with Crippen molar-refractivity contribution in [3.8, 4) is 16.9 Å². The molecule has 0 amide bonds. The zero-order chi connectivity index (χ0) is 19.6. The molecular weight excluding hydrogens is 340 g/mol. The van der Waals surface area contributed by atoms with Crippen LogP contribution in [0.15, 0.2) is 42.5 Å². The van der Waals surface area contributed by atoms with Gasteiger partial charge in [0.1, 0.15) is 5.75 Å². The molecule has 0 aromatic heterocycles. The molecule has 0 saturated heterocycles. The average molecular weight is 379 g/mol. The highest BCUT2D eigenvalue weighted by atomic mass is 16.3. The average Bonchev–Trinajstić information content (AvgIpc) is 2.75. The number of hydrogen-bond acceptors (Lipinski definition) is 1. The van der Waals surface area contributed by atoms with Gasteiger partial charge in [-0.1, -0.05) is 101 Å². The van der Waals surface area contributed by atoms with Crippen LogP contribution in [0.3, 0.4) is 0 Å². The number of benzene rings is 2. The first-order valence-electron chi connectivity index (χ1n) is 11.7. The van der Waals surface area contributed by atoms with Crippen molar-refractivity contribution in [1.29, 1.82) is 0 Å². The standard InChI is InChI=1S/C27H38O/c1-2-3-4-5-6-7-10-19-24-20-21-25(28)27(23-17-13-9-14-18-23)26(24)22-15-11-8-12-16-22/h9,13-14,17-18,20-22,28H,2-8,10-12,15-16,19H2,1H3. The molecule has 0 bridgehead atoms. The molecular formula is C27H38O. The lowest BCUT2D eigenvalue weighted by atomic mass is 9.77. The summed E-state index contributed by atoms with van der Waals surface area (Å²) in [6, 6.07) is 14.7. The van der Waals surface area contributed by atoms with E-state index in [9.17, 15) is 5.11 Å². The van der Waals surface area contributed by atoms with Crippen molar-refractivity contribution in [2.24, 2.45) is 0 Å². The predicted octanol–water partition coefficient (Wildman–Crippen LogP) is 8.40. The first kappa shape index (κ1) is 21.0. The van der Waals surface area contributed by atoms with Crippen LogP contribution in [0.5, 0.6) is 5.75 Å². The van der Waals surface area contributed by atoms with Gasteiger partial charge in [0, 0.05) is 5.56 Å². The summed E-state index contributed by atoms with van der Waals surface area (Å²) in [6.07, 6.45) is 17.1. The van der Waals surface area contributed by atoms with Gasteiger partial charge in [0.25, 0.3) is 0 Å². The van der Waals surface area contributed by atoms with Crippen molar-refractivity contribution in [1.82, 2.24) is 0 Å². The second-order valence-electron chi connectivity index (χ2n) is 8.60. The van der Waals surface area contributed by atoms with Gasteiger partial charge in [0.2, 0.25) is 0 Å². The van der Waals surface area contributed by atoms with Gasteiger partial charge in [-0.25, -0.2) is 0 Å². The molecule has 2 aromatic rings. The monoisotopic (exact) mass is 378 g/mol. The number of unbranched alkanes of at least 4 members (excludes halogenated alkanes) is 6. The maximum atomic E-state index is 10.8. The summed E-state index contributed by atoms with van der Waals surface area (Å²) in [6.45, 7) is 2.28. The summed E-state index contributed by atoms with van der Waals surface area (Å²) in [5, 5.41) is 10.8. The molecule has 1 heteroatoms. The van der Waals surface area contributed by atoms with Crippen LogP contribution in [0, 0.1) is 0 Å². The fourth-order valence-corrected chi connectivity index (χ4v) is 4.91. The van der Waals surface area contributed by atoms with Gasteiger partial charge in [-0.3, -0.25) is 0 Å². The first-order chi connectivity index (χ1) is 13.8. The first-order valence-corrected chi connectivity index (χ1v) is 11.7. The van der Waals surface area contributed by atoms with Crippen LogP contribution in [0.2, 0.25) is 0 Å². The molecule has 0 aliphatic heterocycles. The zero-order valence-corrected chi connectivity index (χ0v) is 17.8. The molecule has 1 N–H and O–H groups in total. The van der Waals surface area contributed by atoms with Crippen molar-refractivity contribution in [2.75, 3.05) is 0 Å². The van der Waals surface area contributed by atoms with Crippen LogP contribution >= 0.6 is 0 Å². The minimum Gasteiger partial charge on any atom is -0.507 e. The minimum atomic E-state index is 0.454. The molecule has 152 valence electrons. The fourth-order valence-electron chi connectivity index (χ4n) is 4.91. The Hall–Kier alpha value is -1.76. The van der Waals surface area contributed by atoms with Crippen LogP contribution in [-0.2, 0) is 6.42 Å². The molecule has 0 radical (unpaired) electrons. The molecule has 0 heterocycles. The Morgan fingerprint density at radius 2 is 1.46 bits per heavy atom. The van der Waals surface area contributed by atoms with E-state index < -0.39 is 0 Å².